The van der Waals surface area contributed by atoms with Gasteiger partial charge in [-0.15, -0.1) is 0 Å². The lowest BCUT2D eigenvalue weighted by Crippen LogP contribution is -2.40. The van der Waals surface area contributed by atoms with Crippen molar-refractivity contribution in [2.75, 3.05) is 5.75 Å². The molecule has 0 amide bonds. The highest BCUT2D eigenvalue weighted by molar-refractivity contribution is 7.92. The van der Waals surface area contributed by atoms with Gasteiger partial charge in [0.05, 0.1) is 10.5 Å². The van der Waals surface area contributed by atoms with E-state index >= 15 is 0 Å². The van der Waals surface area contributed by atoms with Gasteiger partial charge < -0.3 is 0 Å². The summed E-state index contributed by atoms with van der Waals surface area (Å²) >= 11 is 0. The van der Waals surface area contributed by atoms with E-state index in [4.69, 9.17) is 0 Å². The average Bonchev–Trinajstić information content (AvgIpc) is 2.73. The molecule has 0 aromatic rings. The van der Waals surface area contributed by atoms with Crippen LogP contribution in [-0.2, 0) is 14.6 Å². The predicted molar refractivity (Wildman–Crippen MR) is 90.5 cm³/mol. The summed E-state index contributed by atoms with van der Waals surface area (Å²) in [6.45, 7) is 9.80. The van der Waals surface area contributed by atoms with E-state index in [0.29, 0.717) is 17.6 Å². The van der Waals surface area contributed by atoms with Gasteiger partial charge in [0.25, 0.3) is 0 Å². The Balaban J connectivity index is 2.05. The van der Waals surface area contributed by atoms with Crippen LogP contribution in [0, 0.1) is 23.2 Å². The standard InChI is InChI=1S/C18H32O3S/c1-13(10-12-22(20,21)17(2,3)4)14-8-9-15-16(19)7-6-11-18(14,15)5/h13-15H,6-12H2,1-5H3/t13-,14-,15+,18-/m1/s1. The Morgan fingerprint density at radius 3 is 2.50 bits per heavy atom. The number of hydrogen-bond donors (Lipinski definition) is 0. The number of carbonyl (C=O) groups excluding carboxylic acids is 1. The summed E-state index contributed by atoms with van der Waals surface area (Å²) in [4.78, 5) is 12.2. The summed E-state index contributed by atoms with van der Waals surface area (Å²) in [6, 6.07) is 0. The Hall–Kier alpha value is -0.380. The van der Waals surface area contributed by atoms with Crippen molar-refractivity contribution >= 4 is 15.6 Å². The Labute approximate surface area is 136 Å². The Bertz CT molecular complexity index is 529. The zero-order valence-corrected chi connectivity index (χ0v) is 15.6. The van der Waals surface area contributed by atoms with E-state index in [1.807, 2.05) is 0 Å². The second kappa shape index (κ2) is 5.92. The average molecular weight is 329 g/mol. The van der Waals surface area contributed by atoms with E-state index in [9.17, 15) is 13.2 Å². The summed E-state index contributed by atoms with van der Waals surface area (Å²) in [7, 11) is -3.05. The molecule has 0 aromatic heterocycles. The van der Waals surface area contributed by atoms with Gasteiger partial charge in [-0.2, -0.15) is 0 Å². The number of hydrogen-bond acceptors (Lipinski definition) is 3. The molecule has 2 rings (SSSR count). The fraction of sp³-hybridized carbons (Fsp3) is 0.944. The summed E-state index contributed by atoms with van der Waals surface area (Å²) in [5.41, 5.74) is 0.111. The highest BCUT2D eigenvalue weighted by Crippen LogP contribution is 2.57. The second-order valence-electron chi connectivity index (χ2n) is 8.76. The molecule has 0 saturated heterocycles. The lowest BCUT2D eigenvalue weighted by molar-refractivity contribution is -0.130. The van der Waals surface area contributed by atoms with Crippen molar-refractivity contribution in [3.63, 3.8) is 0 Å². The lowest BCUT2D eigenvalue weighted by Gasteiger charge is -2.42. The number of Topliss-reactive ketones (excluding diaryl/α,β-unsaturated/α-hetero) is 1. The molecule has 128 valence electrons. The molecule has 2 aliphatic rings. The van der Waals surface area contributed by atoms with Gasteiger partial charge in [-0.05, 0) is 70.1 Å². The molecule has 0 aliphatic heterocycles. The first-order valence-corrected chi connectivity index (χ1v) is 10.4. The molecule has 0 heterocycles. The third-order valence-electron chi connectivity index (χ3n) is 6.40. The predicted octanol–water partition coefficient (Wildman–Crippen LogP) is 4.01. The lowest BCUT2D eigenvalue weighted by atomic mass is 9.62. The third-order valence-corrected chi connectivity index (χ3v) is 9.04. The zero-order chi connectivity index (χ0) is 16.8. The largest absolute Gasteiger partial charge is 0.299 e. The first-order chi connectivity index (χ1) is 9.99. The van der Waals surface area contributed by atoms with Gasteiger partial charge in [-0.3, -0.25) is 4.79 Å². The first-order valence-electron chi connectivity index (χ1n) is 8.74. The van der Waals surface area contributed by atoms with E-state index in [2.05, 4.69) is 13.8 Å². The summed E-state index contributed by atoms with van der Waals surface area (Å²) in [5, 5.41) is 0. The van der Waals surface area contributed by atoms with Gasteiger partial charge >= 0.3 is 0 Å². The Kier molecular flexibility index (Phi) is 4.83. The molecule has 22 heavy (non-hydrogen) atoms. The number of rotatable bonds is 4. The van der Waals surface area contributed by atoms with E-state index in [1.54, 1.807) is 20.8 Å². The monoisotopic (exact) mass is 328 g/mol. The van der Waals surface area contributed by atoms with Gasteiger partial charge in [0.1, 0.15) is 5.78 Å². The maximum atomic E-state index is 12.3. The van der Waals surface area contributed by atoms with Crippen LogP contribution >= 0.6 is 0 Å². The highest BCUT2D eigenvalue weighted by Gasteiger charge is 2.52. The fourth-order valence-electron chi connectivity index (χ4n) is 4.75. The topological polar surface area (TPSA) is 51.2 Å². The van der Waals surface area contributed by atoms with Crippen molar-refractivity contribution in [2.24, 2.45) is 23.2 Å². The quantitative estimate of drug-likeness (QED) is 0.783. The van der Waals surface area contributed by atoms with Crippen LogP contribution in [0.3, 0.4) is 0 Å². The van der Waals surface area contributed by atoms with Crippen LogP contribution in [-0.4, -0.2) is 24.7 Å². The molecule has 0 radical (unpaired) electrons. The molecule has 0 unspecified atom stereocenters. The molecule has 4 heteroatoms. The van der Waals surface area contributed by atoms with Crippen molar-refractivity contribution in [1.29, 1.82) is 0 Å². The number of carbonyl (C=O) groups is 1. The van der Waals surface area contributed by atoms with Gasteiger partial charge in [-0.1, -0.05) is 13.8 Å². The zero-order valence-electron chi connectivity index (χ0n) is 14.8. The Morgan fingerprint density at radius 1 is 1.27 bits per heavy atom. The van der Waals surface area contributed by atoms with E-state index in [1.165, 1.54) is 0 Å². The van der Waals surface area contributed by atoms with Crippen LogP contribution in [0.4, 0.5) is 0 Å². The minimum Gasteiger partial charge on any atom is -0.299 e. The number of ketones is 1. The normalized spacial score (nSPS) is 34.5. The van der Waals surface area contributed by atoms with Crippen molar-refractivity contribution in [2.45, 2.75) is 77.9 Å². The number of sulfone groups is 1. The molecule has 0 N–H and O–H groups in total. The smallest absolute Gasteiger partial charge is 0.155 e. The second-order valence-corrected chi connectivity index (χ2v) is 11.6. The Morgan fingerprint density at radius 2 is 1.91 bits per heavy atom. The SMILES string of the molecule is C[C@H](CCS(=O)(=O)C(C)(C)C)[C@H]1CC[C@H]2C(=O)CCC[C@]12C. The molecule has 2 aliphatic carbocycles. The summed E-state index contributed by atoms with van der Waals surface area (Å²) in [5.74, 6) is 1.82. The van der Waals surface area contributed by atoms with Crippen LogP contribution < -0.4 is 0 Å². The molecule has 3 nitrogen and oxygen atoms in total. The van der Waals surface area contributed by atoms with Crippen LogP contribution in [0.25, 0.3) is 0 Å². The van der Waals surface area contributed by atoms with Gasteiger partial charge in [0.2, 0.25) is 0 Å². The van der Waals surface area contributed by atoms with Gasteiger partial charge in [0, 0.05) is 12.3 Å². The minimum atomic E-state index is -3.05. The van der Waals surface area contributed by atoms with Gasteiger partial charge in [-0.25, -0.2) is 8.42 Å². The molecule has 0 aromatic carbocycles. The molecule has 4 atom stereocenters. The number of fused-ring (bicyclic) bond motifs is 1. The third kappa shape index (κ3) is 3.13. The maximum absolute atomic E-state index is 12.3. The molecule has 2 saturated carbocycles. The van der Waals surface area contributed by atoms with Gasteiger partial charge in [0.15, 0.2) is 9.84 Å². The molecule has 2 fully saturated rings. The molecular weight excluding hydrogens is 296 g/mol. The summed E-state index contributed by atoms with van der Waals surface area (Å²) in [6.07, 6.45) is 5.71. The summed E-state index contributed by atoms with van der Waals surface area (Å²) < 4.78 is 24.0. The molecular formula is C18H32O3S. The van der Waals surface area contributed by atoms with Crippen molar-refractivity contribution in [3.05, 3.63) is 0 Å². The van der Waals surface area contributed by atoms with Crippen molar-refractivity contribution < 1.29 is 13.2 Å². The minimum absolute atomic E-state index is 0.111. The molecule has 0 spiro atoms. The first kappa shape index (κ1) is 18.0. The van der Waals surface area contributed by atoms with E-state index in [0.717, 1.165) is 38.5 Å². The van der Waals surface area contributed by atoms with Crippen LogP contribution in [0.2, 0.25) is 0 Å². The van der Waals surface area contributed by atoms with Crippen molar-refractivity contribution in [1.82, 2.24) is 0 Å². The van der Waals surface area contributed by atoms with Crippen LogP contribution in [0.15, 0.2) is 0 Å². The highest BCUT2D eigenvalue weighted by atomic mass is 32.2. The van der Waals surface area contributed by atoms with E-state index in [-0.39, 0.29) is 17.1 Å². The molecule has 0 bridgehead atoms. The van der Waals surface area contributed by atoms with Crippen LogP contribution in [0.1, 0.15) is 73.1 Å². The van der Waals surface area contributed by atoms with Crippen LogP contribution in [0.5, 0.6) is 0 Å². The van der Waals surface area contributed by atoms with E-state index < -0.39 is 14.6 Å². The van der Waals surface area contributed by atoms with Crippen molar-refractivity contribution in [3.8, 4) is 0 Å². The fourth-order valence-corrected chi connectivity index (χ4v) is 6.05. The maximum Gasteiger partial charge on any atom is 0.155 e.